The van der Waals surface area contributed by atoms with Crippen LogP contribution in [0.15, 0.2) is 27.6 Å². The van der Waals surface area contributed by atoms with E-state index in [9.17, 15) is 8.42 Å². The van der Waals surface area contributed by atoms with E-state index in [4.69, 9.17) is 5.73 Å². The number of rotatable bonds is 7. The molecule has 0 aliphatic heterocycles. The first-order valence-electron chi connectivity index (χ1n) is 5.90. The Labute approximate surface area is 127 Å². The second kappa shape index (κ2) is 7.64. The molecule has 0 fully saturated rings. The zero-order valence-corrected chi connectivity index (χ0v) is 14.2. The zero-order valence-electron chi connectivity index (χ0n) is 11.0. The maximum atomic E-state index is 12.3. The van der Waals surface area contributed by atoms with Gasteiger partial charge in [0, 0.05) is 17.1 Å². The fourth-order valence-corrected chi connectivity index (χ4v) is 4.44. The van der Waals surface area contributed by atoms with Gasteiger partial charge >= 0.3 is 0 Å². The van der Waals surface area contributed by atoms with E-state index >= 15 is 0 Å². The molecule has 1 aromatic rings. The first-order chi connectivity index (χ1) is 8.90. The average Bonchev–Trinajstić information content (AvgIpc) is 2.36. The molecule has 0 amide bonds. The Bertz CT molecular complexity index is 520. The molecule has 0 aliphatic rings. The van der Waals surface area contributed by atoms with Crippen molar-refractivity contribution < 1.29 is 8.42 Å². The summed E-state index contributed by atoms with van der Waals surface area (Å²) in [6, 6.07) is 5.03. The topological polar surface area (TPSA) is 72.2 Å². The van der Waals surface area contributed by atoms with E-state index in [1.54, 1.807) is 30.0 Å². The van der Waals surface area contributed by atoms with Gasteiger partial charge < -0.3 is 5.73 Å². The van der Waals surface area contributed by atoms with E-state index in [0.29, 0.717) is 11.0 Å². The van der Waals surface area contributed by atoms with Crippen molar-refractivity contribution in [2.45, 2.75) is 30.8 Å². The molecule has 1 aromatic carbocycles. The quantitative estimate of drug-likeness (QED) is 0.776. The molecule has 19 heavy (non-hydrogen) atoms. The minimum atomic E-state index is -3.51. The van der Waals surface area contributed by atoms with E-state index in [0.717, 1.165) is 17.7 Å². The number of hydrogen-bond acceptors (Lipinski definition) is 4. The molecule has 0 aliphatic carbocycles. The van der Waals surface area contributed by atoms with Crippen LogP contribution in [0.5, 0.6) is 0 Å². The smallest absolute Gasteiger partial charge is 0.241 e. The largest absolute Gasteiger partial charge is 0.326 e. The summed E-state index contributed by atoms with van der Waals surface area (Å²) in [5, 5.41) is 0. The molecule has 1 unspecified atom stereocenters. The number of thioether (sulfide) groups is 1. The van der Waals surface area contributed by atoms with Crippen molar-refractivity contribution in [1.82, 2.24) is 4.72 Å². The molecule has 0 radical (unpaired) electrons. The minimum absolute atomic E-state index is 0.0918. The van der Waals surface area contributed by atoms with E-state index in [1.165, 1.54) is 0 Å². The van der Waals surface area contributed by atoms with Crippen LogP contribution in [-0.2, 0) is 16.6 Å². The van der Waals surface area contributed by atoms with Gasteiger partial charge in [-0.1, -0.05) is 6.07 Å². The maximum Gasteiger partial charge on any atom is 0.241 e. The number of sulfonamides is 1. The number of nitrogens with two attached hydrogens (primary N) is 1. The summed E-state index contributed by atoms with van der Waals surface area (Å²) >= 11 is 4.97. The zero-order chi connectivity index (χ0) is 14.5. The van der Waals surface area contributed by atoms with Crippen LogP contribution in [0.1, 0.15) is 18.9 Å². The molecular formula is C12H19BrN2O2S2. The Hall–Kier alpha value is -0.0800. The lowest BCUT2D eigenvalue weighted by Crippen LogP contribution is -2.33. The normalized spacial score (nSPS) is 13.5. The number of nitrogens with one attached hydrogen (secondary N) is 1. The lowest BCUT2D eigenvalue weighted by Gasteiger charge is -2.15. The van der Waals surface area contributed by atoms with Crippen molar-refractivity contribution in [3.63, 3.8) is 0 Å². The summed E-state index contributed by atoms with van der Waals surface area (Å²) in [5.74, 6) is 0.924. The standard InChI is InChI=1S/C12H19BrN2O2S2/c1-9(5-6-18-2)15-19(16,17)12-7-10(8-14)3-4-11(12)13/h3-4,7,9,15H,5-6,8,14H2,1-2H3. The summed E-state index contributed by atoms with van der Waals surface area (Å²) in [6.07, 6.45) is 2.80. The van der Waals surface area contributed by atoms with Crippen LogP contribution in [0.3, 0.4) is 0 Å². The number of halogens is 1. The summed E-state index contributed by atoms with van der Waals surface area (Å²) in [7, 11) is -3.51. The fraction of sp³-hybridized carbons (Fsp3) is 0.500. The fourth-order valence-electron chi connectivity index (χ4n) is 1.56. The third-order valence-corrected chi connectivity index (χ3v) is 5.86. The van der Waals surface area contributed by atoms with Crippen molar-refractivity contribution in [2.24, 2.45) is 5.73 Å². The molecule has 0 saturated heterocycles. The van der Waals surface area contributed by atoms with Gasteiger partial charge in [0.25, 0.3) is 0 Å². The van der Waals surface area contributed by atoms with Gasteiger partial charge in [-0.25, -0.2) is 13.1 Å². The van der Waals surface area contributed by atoms with Crippen LogP contribution >= 0.6 is 27.7 Å². The SMILES string of the molecule is CSCCC(C)NS(=O)(=O)c1cc(CN)ccc1Br. The molecule has 1 atom stereocenters. The molecule has 0 aromatic heterocycles. The molecule has 0 bridgehead atoms. The highest BCUT2D eigenvalue weighted by molar-refractivity contribution is 9.10. The molecule has 0 heterocycles. The molecule has 1 rings (SSSR count). The van der Waals surface area contributed by atoms with Gasteiger partial charge in [-0.15, -0.1) is 0 Å². The maximum absolute atomic E-state index is 12.3. The van der Waals surface area contributed by atoms with Crippen LogP contribution in [-0.4, -0.2) is 26.5 Å². The summed E-state index contributed by atoms with van der Waals surface area (Å²) in [6.45, 7) is 2.19. The van der Waals surface area contributed by atoms with Gasteiger partial charge in [0.1, 0.15) is 0 Å². The highest BCUT2D eigenvalue weighted by atomic mass is 79.9. The Morgan fingerprint density at radius 2 is 2.16 bits per heavy atom. The molecule has 7 heteroatoms. The summed E-state index contributed by atoms with van der Waals surface area (Å²) in [5.41, 5.74) is 6.34. The third-order valence-electron chi connectivity index (χ3n) is 2.63. The second-order valence-electron chi connectivity index (χ2n) is 4.27. The average molecular weight is 367 g/mol. The van der Waals surface area contributed by atoms with Gasteiger partial charge in [0.05, 0.1) is 4.90 Å². The number of benzene rings is 1. The molecule has 3 N–H and O–H groups in total. The van der Waals surface area contributed by atoms with Crippen molar-refractivity contribution in [3.8, 4) is 0 Å². The van der Waals surface area contributed by atoms with Gasteiger partial charge in [0.2, 0.25) is 10.0 Å². The van der Waals surface area contributed by atoms with E-state index < -0.39 is 10.0 Å². The Morgan fingerprint density at radius 1 is 1.47 bits per heavy atom. The summed E-state index contributed by atoms with van der Waals surface area (Å²) < 4.78 is 27.8. The molecular weight excluding hydrogens is 348 g/mol. The highest BCUT2D eigenvalue weighted by Crippen LogP contribution is 2.23. The Balaban J connectivity index is 2.93. The Kier molecular flexibility index (Phi) is 6.82. The first kappa shape index (κ1) is 17.0. The van der Waals surface area contributed by atoms with Gasteiger partial charge in [-0.3, -0.25) is 0 Å². The molecule has 4 nitrogen and oxygen atoms in total. The van der Waals surface area contributed by atoms with Gasteiger partial charge in [-0.2, -0.15) is 11.8 Å². The van der Waals surface area contributed by atoms with E-state index in [-0.39, 0.29) is 10.9 Å². The third kappa shape index (κ3) is 5.07. The lowest BCUT2D eigenvalue weighted by atomic mass is 10.2. The number of hydrogen-bond donors (Lipinski definition) is 2. The monoisotopic (exact) mass is 366 g/mol. The lowest BCUT2D eigenvalue weighted by molar-refractivity contribution is 0.556. The van der Waals surface area contributed by atoms with E-state index in [1.807, 2.05) is 13.2 Å². The van der Waals surface area contributed by atoms with Crippen LogP contribution in [0.2, 0.25) is 0 Å². The van der Waals surface area contributed by atoms with Crippen molar-refractivity contribution in [3.05, 3.63) is 28.2 Å². The van der Waals surface area contributed by atoms with Crippen LogP contribution in [0, 0.1) is 0 Å². The highest BCUT2D eigenvalue weighted by Gasteiger charge is 2.20. The molecule has 0 saturated carbocycles. The predicted octanol–water partition coefficient (Wildman–Crippen LogP) is 2.33. The second-order valence-corrected chi connectivity index (χ2v) is 7.80. The first-order valence-corrected chi connectivity index (χ1v) is 9.57. The van der Waals surface area contributed by atoms with E-state index in [2.05, 4.69) is 20.7 Å². The van der Waals surface area contributed by atoms with Crippen molar-refractivity contribution >= 4 is 37.7 Å². The van der Waals surface area contributed by atoms with Crippen LogP contribution in [0.4, 0.5) is 0 Å². The molecule has 0 spiro atoms. The van der Waals surface area contributed by atoms with Crippen molar-refractivity contribution in [2.75, 3.05) is 12.0 Å². The molecule has 108 valence electrons. The Morgan fingerprint density at radius 3 is 2.74 bits per heavy atom. The summed E-state index contributed by atoms with van der Waals surface area (Å²) in [4.78, 5) is 0.242. The van der Waals surface area contributed by atoms with Crippen LogP contribution in [0.25, 0.3) is 0 Å². The van der Waals surface area contributed by atoms with Gasteiger partial charge in [-0.05, 0) is 59.0 Å². The minimum Gasteiger partial charge on any atom is -0.326 e. The van der Waals surface area contributed by atoms with Crippen LogP contribution < -0.4 is 10.5 Å². The predicted molar refractivity (Wildman–Crippen MR) is 84.8 cm³/mol. The van der Waals surface area contributed by atoms with Crippen molar-refractivity contribution in [1.29, 1.82) is 0 Å². The van der Waals surface area contributed by atoms with Gasteiger partial charge in [0.15, 0.2) is 0 Å².